The fourth-order valence-electron chi connectivity index (χ4n) is 6.02. The topological polar surface area (TPSA) is 97.6 Å². The predicted molar refractivity (Wildman–Crippen MR) is 198 cm³/mol. The summed E-state index contributed by atoms with van der Waals surface area (Å²) in [5.74, 6) is 1.48. The van der Waals surface area contributed by atoms with Gasteiger partial charge >= 0.3 is 5.97 Å². The number of carbonyl (C=O) groups excluding carboxylic acids is 1. The van der Waals surface area contributed by atoms with E-state index in [-0.39, 0.29) is 30.5 Å². The number of carbonyl (C=O) groups is 1. The van der Waals surface area contributed by atoms with Crippen LogP contribution in [0.3, 0.4) is 0 Å². The number of allylic oxidation sites excluding steroid dienone is 1. The number of thiazole rings is 1. The van der Waals surface area contributed by atoms with Gasteiger partial charge in [0.05, 0.1) is 48.8 Å². The Balaban J connectivity index is 1.49. The SMILES string of the molecule is CCOC(=O)C1=C(C)N=c2s/c(=C/c3cc(Br)cc(OC)c3OCc3cccc4ccccc34)c(=O)n2[C@H]1c1ccc(OC(C)C)c(OC)c1. The van der Waals surface area contributed by atoms with E-state index in [1.165, 1.54) is 11.3 Å². The Bertz CT molecular complexity index is 2300. The Labute approximate surface area is 302 Å². The zero-order valence-corrected chi connectivity index (χ0v) is 31.0. The lowest BCUT2D eigenvalue weighted by molar-refractivity contribution is -0.139. The molecule has 0 spiro atoms. The third-order valence-corrected chi connectivity index (χ3v) is 9.63. The monoisotopic (exact) mass is 756 g/mol. The van der Waals surface area contributed by atoms with Crippen LogP contribution in [0, 0.1) is 0 Å². The van der Waals surface area contributed by atoms with Gasteiger partial charge in [0, 0.05) is 10.0 Å². The van der Waals surface area contributed by atoms with Gasteiger partial charge in [-0.3, -0.25) is 9.36 Å². The molecule has 50 heavy (non-hydrogen) atoms. The second-order valence-corrected chi connectivity index (χ2v) is 13.8. The molecule has 0 saturated carbocycles. The van der Waals surface area contributed by atoms with Crippen LogP contribution < -0.4 is 33.8 Å². The minimum atomic E-state index is -0.825. The maximum Gasteiger partial charge on any atom is 0.338 e. The highest BCUT2D eigenvalue weighted by Gasteiger charge is 2.34. The number of methoxy groups -OCH3 is 2. The van der Waals surface area contributed by atoms with Gasteiger partial charge in [-0.1, -0.05) is 75.8 Å². The van der Waals surface area contributed by atoms with Crippen molar-refractivity contribution in [3.8, 4) is 23.0 Å². The number of nitrogens with zero attached hydrogens (tertiary/aromatic N) is 2. The predicted octanol–water partition coefficient (Wildman–Crippen LogP) is 7.10. The lowest BCUT2D eigenvalue weighted by Crippen LogP contribution is -2.40. The molecular weight excluding hydrogens is 720 g/mol. The van der Waals surface area contributed by atoms with E-state index in [0.29, 0.717) is 49.2 Å². The third-order valence-electron chi connectivity index (χ3n) is 8.19. The van der Waals surface area contributed by atoms with Crippen LogP contribution in [0.2, 0.25) is 0 Å². The molecule has 0 aliphatic carbocycles. The largest absolute Gasteiger partial charge is 0.493 e. The molecule has 2 heterocycles. The van der Waals surface area contributed by atoms with E-state index in [4.69, 9.17) is 28.7 Å². The molecule has 1 atom stereocenters. The summed E-state index contributed by atoms with van der Waals surface area (Å²) in [6.45, 7) is 7.80. The minimum absolute atomic E-state index is 0.0813. The summed E-state index contributed by atoms with van der Waals surface area (Å²) in [5, 5.41) is 2.21. The second kappa shape index (κ2) is 14.9. The summed E-state index contributed by atoms with van der Waals surface area (Å²) in [4.78, 5) is 33.1. The van der Waals surface area contributed by atoms with Crippen LogP contribution in [0.5, 0.6) is 23.0 Å². The Kier molecular flexibility index (Phi) is 10.4. The van der Waals surface area contributed by atoms with E-state index in [1.807, 2.05) is 56.3 Å². The van der Waals surface area contributed by atoms with Crippen molar-refractivity contribution in [2.75, 3.05) is 20.8 Å². The van der Waals surface area contributed by atoms with Crippen LogP contribution in [-0.2, 0) is 16.1 Å². The molecule has 1 aromatic heterocycles. The molecule has 0 radical (unpaired) electrons. The van der Waals surface area contributed by atoms with Crippen LogP contribution in [0.15, 0.2) is 98.3 Å². The van der Waals surface area contributed by atoms with Crippen LogP contribution >= 0.6 is 27.3 Å². The standard InChI is InChI=1S/C39H37BrN2O7S/c1-7-47-38(44)34-23(4)41-39-42(35(34)25-15-16-30(49-22(2)3)31(18-25)45-5)37(43)33(50-39)19-27-17-28(40)20-32(46-6)36(27)48-21-26-13-10-12-24-11-8-9-14-29(24)26/h8-20,22,35H,7,21H2,1-6H3/b33-19+/t35-/m0/s1. The van der Waals surface area contributed by atoms with Gasteiger partial charge < -0.3 is 23.7 Å². The van der Waals surface area contributed by atoms with Crippen LogP contribution in [0.4, 0.5) is 0 Å². The Morgan fingerprint density at radius 3 is 2.50 bits per heavy atom. The Morgan fingerprint density at radius 2 is 1.76 bits per heavy atom. The zero-order valence-electron chi connectivity index (χ0n) is 28.6. The Morgan fingerprint density at radius 1 is 1.00 bits per heavy atom. The molecule has 258 valence electrons. The average molecular weight is 758 g/mol. The third kappa shape index (κ3) is 6.93. The van der Waals surface area contributed by atoms with Crippen LogP contribution in [0.1, 0.15) is 50.4 Å². The number of hydrogen-bond donors (Lipinski definition) is 0. The molecule has 0 fully saturated rings. The molecule has 11 heteroatoms. The van der Waals surface area contributed by atoms with Gasteiger partial charge in [-0.15, -0.1) is 0 Å². The van der Waals surface area contributed by atoms with E-state index in [0.717, 1.165) is 20.8 Å². The van der Waals surface area contributed by atoms with E-state index < -0.39 is 12.0 Å². The van der Waals surface area contributed by atoms with E-state index in [1.54, 1.807) is 50.8 Å². The number of rotatable bonds is 11. The van der Waals surface area contributed by atoms with Crippen LogP contribution in [0.25, 0.3) is 16.8 Å². The van der Waals surface area contributed by atoms with Gasteiger partial charge in [-0.05, 0) is 79.9 Å². The lowest BCUT2D eigenvalue weighted by Gasteiger charge is -2.25. The van der Waals surface area contributed by atoms with Gasteiger partial charge in [0.1, 0.15) is 6.61 Å². The summed E-state index contributed by atoms with van der Waals surface area (Å²) >= 11 is 4.82. The summed E-state index contributed by atoms with van der Waals surface area (Å²) in [5.41, 5.74) is 2.70. The molecule has 0 unspecified atom stereocenters. The molecule has 4 aromatic carbocycles. The van der Waals surface area contributed by atoms with Gasteiger partial charge in [-0.25, -0.2) is 9.79 Å². The first kappa shape index (κ1) is 35.0. The van der Waals surface area contributed by atoms with Crippen molar-refractivity contribution in [1.82, 2.24) is 4.57 Å². The number of benzene rings is 4. The van der Waals surface area contributed by atoms with Crippen molar-refractivity contribution in [3.63, 3.8) is 0 Å². The molecule has 5 aromatic rings. The fourth-order valence-corrected chi connectivity index (χ4v) is 7.52. The van der Waals surface area contributed by atoms with Crippen LogP contribution in [-0.4, -0.2) is 37.5 Å². The molecule has 0 amide bonds. The number of esters is 1. The Hall–Kier alpha value is -4.87. The highest BCUT2D eigenvalue weighted by molar-refractivity contribution is 9.10. The van der Waals surface area contributed by atoms with Gasteiger partial charge in [0.2, 0.25) is 0 Å². The molecule has 1 aliphatic heterocycles. The highest BCUT2D eigenvalue weighted by atomic mass is 79.9. The normalized spacial score (nSPS) is 14.4. The maximum atomic E-state index is 14.4. The van der Waals surface area contributed by atoms with E-state index in [9.17, 15) is 9.59 Å². The summed E-state index contributed by atoms with van der Waals surface area (Å²) in [7, 11) is 3.13. The summed E-state index contributed by atoms with van der Waals surface area (Å²) < 4.78 is 32.0. The van der Waals surface area contributed by atoms with E-state index in [2.05, 4.69) is 34.1 Å². The quantitative estimate of drug-likeness (QED) is 0.133. The molecule has 1 aliphatic rings. The molecule has 0 saturated heterocycles. The maximum absolute atomic E-state index is 14.4. The summed E-state index contributed by atoms with van der Waals surface area (Å²) in [6.07, 6.45) is 1.69. The number of ether oxygens (including phenoxy) is 5. The molecule has 0 bridgehead atoms. The van der Waals surface area contributed by atoms with Crippen molar-refractivity contribution in [3.05, 3.63) is 125 Å². The lowest BCUT2D eigenvalue weighted by atomic mass is 9.95. The molecular formula is C39H37BrN2O7S. The van der Waals surface area contributed by atoms with Crippen molar-refractivity contribution >= 4 is 50.1 Å². The summed E-state index contributed by atoms with van der Waals surface area (Å²) in [6, 6.07) is 22.5. The van der Waals surface area contributed by atoms with E-state index >= 15 is 0 Å². The smallest absolute Gasteiger partial charge is 0.338 e. The van der Waals surface area contributed by atoms with Gasteiger partial charge in [-0.2, -0.15) is 0 Å². The van der Waals surface area contributed by atoms with Crippen molar-refractivity contribution in [2.24, 2.45) is 4.99 Å². The highest BCUT2D eigenvalue weighted by Crippen LogP contribution is 2.38. The molecule has 9 nitrogen and oxygen atoms in total. The second-order valence-electron chi connectivity index (χ2n) is 11.8. The first-order valence-electron chi connectivity index (χ1n) is 16.1. The zero-order chi connectivity index (χ0) is 35.5. The van der Waals surface area contributed by atoms with Gasteiger partial charge in [0.25, 0.3) is 5.56 Å². The number of aromatic nitrogens is 1. The number of halogens is 1. The molecule has 0 N–H and O–H groups in total. The first-order valence-corrected chi connectivity index (χ1v) is 17.8. The first-order chi connectivity index (χ1) is 24.1. The van der Waals surface area contributed by atoms with Gasteiger partial charge in [0.15, 0.2) is 27.8 Å². The van der Waals surface area contributed by atoms with Crippen molar-refractivity contribution in [2.45, 2.75) is 46.4 Å². The minimum Gasteiger partial charge on any atom is -0.493 e. The number of fused-ring (bicyclic) bond motifs is 2. The van der Waals surface area contributed by atoms with Crippen molar-refractivity contribution < 1.29 is 28.5 Å². The van der Waals surface area contributed by atoms with Crippen molar-refractivity contribution in [1.29, 1.82) is 0 Å². The fraction of sp³-hybridized carbons (Fsp3) is 0.256. The average Bonchev–Trinajstić information content (AvgIpc) is 3.40. The molecule has 6 rings (SSSR count). The number of hydrogen-bond acceptors (Lipinski definition) is 9.